The van der Waals surface area contributed by atoms with Gasteiger partial charge in [0.05, 0.1) is 32.6 Å². The topological polar surface area (TPSA) is 60.4 Å². The molecule has 2 aromatic carbocycles. The second kappa shape index (κ2) is 8.12. The van der Waals surface area contributed by atoms with Gasteiger partial charge in [-0.1, -0.05) is 12.1 Å². The van der Waals surface area contributed by atoms with E-state index in [1.165, 1.54) is 11.9 Å². The molecule has 6 nitrogen and oxygen atoms in total. The van der Waals surface area contributed by atoms with Gasteiger partial charge in [0.1, 0.15) is 17.2 Å². The number of hydrogen-bond donors (Lipinski definition) is 0. The molecule has 1 aliphatic rings. The first-order chi connectivity index (χ1) is 13.1. The van der Waals surface area contributed by atoms with Gasteiger partial charge < -0.3 is 14.2 Å². The summed E-state index contributed by atoms with van der Waals surface area (Å²) in [7, 11) is 3.24. The Morgan fingerprint density at radius 2 is 1.81 bits per heavy atom. The highest BCUT2D eigenvalue weighted by atomic mass is 16.5. The number of rotatable bonds is 6. The van der Waals surface area contributed by atoms with E-state index in [9.17, 15) is 4.79 Å². The molecule has 1 amide bonds. The maximum Gasteiger partial charge on any atom is 0.240 e. The van der Waals surface area contributed by atoms with Crippen LogP contribution in [0.4, 0.5) is 0 Å². The van der Waals surface area contributed by atoms with E-state index in [1.54, 1.807) is 14.2 Å². The molecule has 1 aliphatic heterocycles. The van der Waals surface area contributed by atoms with Crippen LogP contribution < -0.4 is 14.2 Å². The molecule has 6 heteroatoms. The molecule has 0 aromatic heterocycles. The lowest BCUT2D eigenvalue weighted by atomic mass is 9.97. The summed E-state index contributed by atoms with van der Waals surface area (Å²) >= 11 is 0. The number of ether oxygens (including phenoxy) is 3. The molecule has 0 aliphatic carbocycles. The van der Waals surface area contributed by atoms with Gasteiger partial charge in [0, 0.05) is 18.9 Å². The number of hydrazone groups is 1. The van der Waals surface area contributed by atoms with E-state index in [0.29, 0.717) is 24.5 Å². The average Bonchev–Trinajstić information content (AvgIpc) is 3.14. The number of methoxy groups -OCH3 is 2. The van der Waals surface area contributed by atoms with E-state index >= 15 is 0 Å². The highest BCUT2D eigenvalue weighted by Crippen LogP contribution is 2.36. The first kappa shape index (κ1) is 18.8. The Kier molecular flexibility index (Phi) is 5.64. The average molecular weight is 368 g/mol. The van der Waals surface area contributed by atoms with Crippen molar-refractivity contribution >= 4 is 11.6 Å². The van der Waals surface area contributed by atoms with E-state index < -0.39 is 0 Å². The van der Waals surface area contributed by atoms with Crippen LogP contribution in [0.25, 0.3) is 0 Å². The van der Waals surface area contributed by atoms with Crippen LogP contribution in [0, 0.1) is 0 Å². The number of hydrogen-bond acceptors (Lipinski definition) is 5. The van der Waals surface area contributed by atoms with Gasteiger partial charge in [-0.15, -0.1) is 0 Å². The molecule has 0 radical (unpaired) electrons. The molecule has 1 atom stereocenters. The van der Waals surface area contributed by atoms with Gasteiger partial charge in [-0.05, 0) is 42.8 Å². The third-order valence-electron chi connectivity index (χ3n) is 4.53. The molecule has 0 saturated heterocycles. The van der Waals surface area contributed by atoms with Crippen molar-refractivity contribution in [3.05, 3.63) is 53.6 Å². The summed E-state index contributed by atoms with van der Waals surface area (Å²) in [6.07, 6.45) is 0.594. The van der Waals surface area contributed by atoms with Gasteiger partial charge in [0.15, 0.2) is 0 Å². The van der Waals surface area contributed by atoms with E-state index in [2.05, 4.69) is 5.10 Å². The molecule has 0 spiro atoms. The molecule has 0 saturated carbocycles. The van der Waals surface area contributed by atoms with Crippen LogP contribution >= 0.6 is 0 Å². The molecule has 0 unspecified atom stereocenters. The molecule has 0 bridgehead atoms. The molecule has 0 N–H and O–H groups in total. The first-order valence-electron chi connectivity index (χ1n) is 8.89. The molecule has 3 rings (SSSR count). The minimum Gasteiger partial charge on any atom is -0.497 e. The zero-order chi connectivity index (χ0) is 19.4. The first-order valence-corrected chi connectivity index (χ1v) is 8.89. The summed E-state index contributed by atoms with van der Waals surface area (Å²) in [6.45, 7) is 4.09. The Labute approximate surface area is 159 Å². The Morgan fingerprint density at radius 3 is 2.41 bits per heavy atom. The highest BCUT2D eigenvalue weighted by molar-refractivity contribution is 6.05. The van der Waals surface area contributed by atoms with E-state index in [1.807, 2.05) is 49.4 Å². The Bertz CT molecular complexity index is 846. The molecular formula is C21H24N2O4. The predicted molar refractivity (Wildman–Crippen MR) is 104 cm³/mol. The van der Waals surface area contributed by atoms with Gasteiger partial charge >= 0.3 is 0 Å². The van der Waals surface area contributed by atoms with Crippen LogP contribution in [-0.2, 0) is 4.79 Å². The largest absolute Gasteiger partial charge is 0.497 e. The number of amides is 1. The Balaban J connectivity index is 1.94. The van der Waals surface area contributed by atoms with Gasteiger partial charge in [0.2, 0.25) is 5.91 Å². The fraction of sp³-hybridized carbons (Fsp3) is 0.333. The third-order valence-corrected chi connectivity index (χ3v) is 4.53. The minimum atomic E-state index is -0.163. The van der Waals surface area contributed by atoms with Crippen molar-refractivity contribution in [2.45, 2.75) is 26.3 Å². The fourth-order valence-electron chi connectivity index (χ4n) is 3.22. The lowest BCUT2D eigenvalue weighted by molar-refractivity contribution is -0.130. The molecule has 0 fully saturated rings. The van der Waals surface area contributed by atoms with Crippen molar-refractivity contribution in [3.63, 3.8) is 0 Å². The monoisotopic (exact) mass is 368 g/mol. The van der Waals surface area contributed by atoms with Crippen LogP contribution in [0.1, 0.15) is 37.4 Å². The second-order valence-corrected chi connectivity index (χ2v) is 6.20. The molecular weight excluding hydrogens is 344 g/mol. The van der Waals surface area contributed by atoms with Gasteiger partial charge in [0.25, 0.3) is 0 Å². The van der Waals surface area contributed by atoms with Crippen molar-refractivity contribution in [2.75, 3.05) is 20.8 Å². The van der Waals surface area contributed by atoms with E-state index in [4.69, 9.17) is 14.2 Å². The van der Waals surface area contributed by atoms with E-state index in [-0.39, 0.29) is 11.9 Å². The minimum absolute atomic E-state index is 0.106. The van der Waals surface area contributed by atoms with Crippen LogP contribution in [-0.4, -0.2) is 37.5 Å². The lowest BCUT2D eigenvalue weighted by Gasteiger charge is -2.20. The summed E-state index contributed by atoms with van der Waals surface area (Å²) in [4.78, 5) is 12.2. The summed E-state index contributed by atoms with van der Waals surface area (Å²) in [5, 5.41) is 6.12. The number of benzene rings is 2. The number of carbonyl (C=O) groups is 1. The van der Waals surface area contributed by atoms with Gasteiger partial charge in [-0.25, -0.2) is 5.01 Å². The molecule has 1 heterocycles. The lowest BCUT2D eigenvalue weighted by Crippen LogP contribution is -2.24. The summed E-state index contributed by atoms with van der Waals surface area (Å²) in [5.74, 6) is 2.12. The molecule has 142 valence electrons. The van der Waals surface area contributed by atoms with Crippen LogP contribution in [0.2, 0.25) is 0 Å². The van der Waals surface area contributed by atoms with Crippen LogP contribution in [0.3, 0.4) is 0 Å². The van der Waals surface area contributed by atoms with E-state index in [0.717, 1.165) is 22.6 Å². The van der Waals surface area contributed by atoms with Crippen molar-refractivity contribution in [1.82, 2.24) is 5.01 Å². The predicted octanol–water partition coefficient (Wildman–Crippen LogP) is 3.80. The standard InChI is InChI=1S/C21H24N2O4/c1-5-27-16-8-6-15(7-9-16)20-13-19(22-23(20)14(2)24)18-12-17(25-3)10-11-21(18)26-4/h6-12,20H,5,13H2,1-4H3/t20-/m1/s1. The summed E-state index contributed by atoms with van der Waals surface area (Å²) in [5.41, 5.74) is 2.63. The number of nitrogens with zero attached hydrogens (tertiary/aromatic N) is 2. The van der Waals surface area contributed by atoms with Crippen LogP contribution in [0.15, 0.2) is 47.6 Å². The smallest absolute Gasteiger partial charge is 0.240 e. The Hall–Kier alpha value is -3.02. The summed E-state index contributed by atoms with van der Waals surface area (Å²) < 4.78 is 16.3. The Morgan fingerprint density at radius 1 is 1.11 bits per heavy atom. The molecule has 27 heavy (non-hydrogen) atoms. The van der Waals surface area contributed by atoms with Crippen molar-refractivity contribution in [3.8, 4) is 17.2 Å². The quantitative estimate of drug-likeness (QED) is 0.778. The maximum absolute atomic E-state index is 12.2. The zero-order valence-corrected chi connectivity index (χ0v) is 16.1. The third kappa shape index (κ3) is 3.89. The number of carbonyl (C=O) groups excluding carboxylic acids is 1. The maximum atomic E-state index is 12.2. The molecule has 2 aromatic rings. The SMILES string of the molecule is CCOc1ccc([C@H]2CC(c3cc(OC)ccc3OC)=NN2C(C)=O)cc1. The zero-order valence-electron chi connectivity index (χ0n) is 16.1. The van der Waals surface area contributed by atoms with Gasteiger partial charge in [-0.2, -0.15) is 5.10 Å². The van der Waals surface area contributed by atoms with Crippen molar-refractivity contribution < 1.29 is 19.0 Å². The summed E-state index contributed by atoms with van der Waals surface area (Å²) in [6, 6.07) is 13.2. The normalized spacial score (nSPS) is 16.1. The van der Waals surface area contributed by atoms with Gasteiger partial charge in [-0.3, -0.25) is 4.79 Å². The fourth-order valence-corrected chi connectivity index (χ4v) is 3.22. The second-order valence-electron chi connectivity index (χ2n) is 6.20. The van der Waals surface area contributed by atoms with Crippen molar-refractivity contribution in [2.24, 2.45) is 5.10 Å². The highest BCUT2D eigenvalue weighted by Gasteiger charge is 2.32. The van der Waals surface area contributed by atoms with Crippen LogP contribution in [0.5, 0.6) is 17.2 Å². The van der Waals surface area contributed by atoms with Crippen molar-refractivity contribution in [1.29, 1.82) is 0 Å².